The van der Waals surface area contributed by atoms with E-state index in [1.54, 1.807) is 103 Å². The lowest BCUT2D eigenvalue weighted by molar-refractivity contribution is -0.238. The minimum atomic E-state index is -2.24. The van der Waals surface area contributed by atoms with Crippen LogP contribution in [0.1, 0.15) is 104 Å². The van der Waals surface area contributed by atoms with Gasteiger partial charge in [-0.2, -0.15) is 0 Å². The molecule has 2 aliphatic rings. The van der Waals surface area contributed by atoms with E-state index >= 15 is 0 Å². The molecule has 1 heterocycles. The van der Waals surface area contributed by atoms with Gasteiger partial charge in [0.1, 0.15) is 48.0 Å². The lowest BCUT2D eigenvalue weighted by atomic mass is 9.55. The number of aliphatic hydroxyl groups is 4. The maximum Gasteiger partial charge on any atom is 0.408 e. The maximum absolute atomic E-state index is 14.3. The fraction of sp³-hybridized carbons (Fsp3) is 0.556. The second kappa shape index (κ2) is 17.9. The Hall–Kier alpha value is -4.60. The molecule has 0 aromatic heterocycles. The topological polar surface area (TPSA) is 211 Å². The highest BCUT2D eigenvalue weighted by molar-refractivity contribution is 5.91. The summed E-state index contributed by atoms with van der Waals surface area (Å²) < 4.78 is 29.8. The van der Waals surface area contributed by atoms with E-state index in [4.69, 9.17) is 23.7 Å². The number of epoxide rings is 1. The second-order valence-electron chi connectivity index (χ2n) is 17.4. The molecule has 1 aliphatic carbocycles. The van der Waals surface area contributed by atoms with Crippen molar-refractivity contribution >= 4 is 23.8 Å². The number of hydrogen-bond donors (Lipinski definition) is 5. The first-order valence-electron chi connectivity index (χ1n) is 19.8. The van der Waals surface area contributed by atoms with Crippen molar-refractivity contribution in [2.75, 3.05) is 6.61 Å². The van der Waals surface area contributed by atoms with E-state index in [1.807, 2.05) is 0 Å². The van der Waals surface area contributed by atoms with Gasteiger partial charge >= 0.3 is 18.0 Å². The van der Waals surface area contributed by atoms with Gasteiger partial charge in [0.25, 0.3) is 0 Å². The minimum absolute atomic E-state index is 0.0366. The maximum atomic E-state index is 14.3. The molecule has 10 atom stereocenters. The molecule has 14 nitrogen and oxygen atoms in total. The number of alkyl carbamates (subject to hydrolysis) is 1. The van der Waals surface area contributed by atoms with Crippen LogP contribution >= 0.6 is 0 Å². The monoisotopic (exact) mass is 823 g/mol. The van der Waals surface area contributed by atoms with E-state index < -0.39 is 94.1 Å². The number of ketones is 1. The zero-order valence-corrected chi connectivity index (χ0v) is 35.7. The van der Waals surface area contributed by atoms with Crippen molar-refractivity contribution in [1.82, 2.24) is 5.32 Å². The van der Waals surface area contributed by atoms with Crippen molar-refractivity contribution in [3.63, 3.8) is 0 Å². The molecule has 0 saturated carbocycles. The van der Waals surface area contributed by atoms with E-state index in [-0.39, 0.29) is 30.8 Å². The van der Waals surface area contributed by atoms with Gasteiger partial charge in [-0.05, 0) is 71.2 Å². The third-order valence-corrected chi connectivity index (χ3v) is 11.4. The first-order valence-corrected chi connectivity index (χ1v) is 19.8. The number of Topliss-reactive ketones (excluding diaryl/α,β-unsaturated/α-hetero) is 1. The lowest BCUT2D eigenvalue weighted by Gasteiger charge is -2.55. The van der Waals surface area contributed by atoms with Gasteiger partial charge in [0.15, 0.2) is 5.78 Å². The summed E-state index contributed by atoms with van der Waals surface area (Å²) >= 11 is 0. The quantitative estimate of drug-likeness (QED) is 0.0441. The zero-order chi connectivity index (χ0) is 44.3. The van der Waals surface area contributed by atoms with Gasteiger partial charge < -0.3 is 49.4 Å². The van der Waals surface area contributed by atoms with Crippen LogP contribution in [0.4, 0.5) is 4.79 Å². The standard InChI is InChI=1S/C45H61NO13/c1-12-33(49)43(11,37(51)27(3)47)36(45(25-55-45)58-29(5)48)38(57-39(52)31-21-17-14-18-22-31)44(54)24-32(26(2)23-42(44,9)10)56-28(4)35(50)34(30-19-15-13-16-20-30)46-40(53)59-41(6,7)8/h13-23,27,32-36,38,47,49-50,54H,4,12,24-25H2,1-3,5-11H3,(H,46,53)/t27-,32+,33+,34+,35+,36+,38+,43-,44-,45-/m1/s1. The molecule has 2 aromatic carbocycles. The number of carbonyl (C=O) groups excluding carboxylic acids is 4. The number of carbonyl (C=O) groups is 4. The number of rotatable bonds is 17. The largest absolute Gasteiger partial charge is 0.488 e. The van der Waals surface area contributed by atoms with Crippen molar-refractivity contribution in [3.8, 4) is 0 Å². The molecule has 0 spiro atoms. The molecule has 1 amide bonds. The Morgan fingerprint density at radius 2 is 1.54 bits per heavy atom. The van der Waals surface area contributed by atoms with Crippen molar-refractivity contribution < 1.29 is 63.3 Å². The summed E-state index contributed by atoms with van der Waals surface area (Å²) in [5, 5.41) is 50.5. The molecular weight excluding hydrogens is 762 g/mol. The summed E-state index contributed by atoms with van der Waals surface area (Å²) in [5.74, 6) is -6.43. The van der Waals surface area contributed by atoms with E-state index in [9.17, 15) is 39.6 Å². The number of esters is 2. The molecule has 0 unspecified atom stereocenters. The van der Waals surface area contributed by atoms with Gasteiger partial charge in [0.05, 0.1) is 29.0 Å². The molecule has 1 aliphatic heterocycles. The van der Waals surface area contributed by atoms with Crippen LogP contribution in [0.2, 0.25) is 0 Å². The summed E-state index contributed by atoms with van der Waals surface area (Å²) in [6.45, 7) is 19.3. The van der Waals surface area contributed by atoms with Crippen LogP contribution in [0, 0.1) is 16.7 Å². The fourth-order valence-corrected chi connectivity index (χ4v) is 8.21. The fourth-order valence-electron chi connectivity index (χ4n) is 8.21. The van der Waals surface area contributed by atoms with Crippen molar-refractivity contribution in [3.05, 3.63) is 95.8 Å². The zero-order valence-electron chi connectivity index (χ0n) is 35.7. The van der Waals surface area contributed by atoms with Gasteiger partial charge in [0, 0.05) is 18.8 Å². The van der Waals surface area contributed by atoms with Crippen LogP contribution in [0.3, 0.4) is 0 Å². The average Bonchev–Trinajstić information content (AvgIpc) is 3.93. The van der Waals surface area contributed by atoms with Gasteiger partial charge in [-0.25, -0.2) is 9.59 Å². The molecule has 2 aromatic rings. The van der Waals surface area contributed by atoms with Crippen molar-refractivity contribution in [2.45, 2.75) is 136 Å². The Morgan fingerprint density at radius 3 is 2.03 bits per heavy atom. The van der Waals surface area contributed by atoms with Crippen molar-refractivity contribution in [1.29, 1.82) is 0 Å². The Bertz CT molecular complexity index is 1870. The third kappa shape index (κ3) is 10.2. The molecule has 1 saturated heterocycles. The van der Waals surface area contributed by atoms with E-state index in [0.29, 0.717) is 11.1 Å². The Kier molecular flexibility index (Phi) is 14.3. The third-order valence-electron chi connectivity index (χ3n) is 11.4. The van der Waals surface area contributed by atoms with Crippen LogP contribution in [-0.4, -0.2) is 98.4 Å². The molecule has 59 heavy (non-hydrogen) atoms. The van der Waals surface area contributed by atoms with Crippen LogP contribution < -0.4 is 5.32 Å². The highest BCUT2D eigenvalue weighted by Gasteiger charge is 2.73. The number of amides is 1. The first-order chi connectivity index (χ1) is 27.3. The number of hydrogen-bond acceptors (Lipinski definition) is 13. The SMILES string of the molecule is C=C(O[C@H]1C[C@@](O)([C@@H](OC(=O)c2ccccc2)[C@H]([C@]2(OC(C)=O)CO2)[C@](C)(C(=O)[C@@H](C)O)[C@@H](O)CC)C(C)(C)C=C1C)[C@H](O)[C@@H](NC(=O)OC(C)(C)C)c1ccccc1. The highest BCUT2D eigenvalue weighted by atomic mass is 16.8. The smallest absolute Gasteiger partial charge is 0.408 e. The van der Waals surface area contributed by atoms with E-state index in [0.717, 1.165) is 6.92 Å². The molecule has 4 rings (SSSR count). The molecule has 14 heteroatoms. The summed E-state index contributed by atoms with van der Waals surface area (Å²) in [5.41, 5.74) is -5.29. The number of benzene rings is 2. The normalized spacial score (nSPS) is 25.3. The van der Waals surface area contributed by atoms with Crippen LogP contribution in [0.25, 0.3) is 0 Å². The highest BCUT2D eigenvalue weighted by Crippen LogP contribution is 2.58. The summed E-state index contributed by atoms with van der Waals surface area (Å²) in [7, 11) is 0. The lowest BCUT2D eigenvalue weighted by Crippen LogP contribution is -2.68. The van der Waals surface area contributed by atoms with E-state index in [2.05, 4.69) is 11.9 Å². The van der Waals surface area contributed by atoms with Crippen LogP contribution in [0.5, 0.6) is 0 Å². The van der Waals surface area contributed by atoms with Gasteiger partial charge in [-0.1, -0.05) is 82.0 Å². The van der Waals surface area contributed by atoms with Gasteiger partial charge in [-0.15, -0.1) is 0 Å². The number of ether oxygens (including phenoxy) is 5. The van der Waals surface area contributed by atoms with Gasteiger partial charge in [0.2, 0.25) is 5.79 Å². The Balaban J connectivity index is 1.88. The van der Waals surface area contributed by atoms with E-state index in [1.165, 1.54) is 26.0 Å². The molecule has 324 valence electrons. The average molecular weight is 824 g/mol. The summed E-state index contributed by atoms with van der Waals surface area (Å²) in [6.07, 6.45) is -7.16. The molecule has 0 radical (unpaired) electrons. The number of nitrogens with one attached hydrogen (secondary N) is 1. The predicted molar refractivity (Wildman–Crippen MR) is 216 cm³/mol. The molecule has 1 fully saturated rings. The molecule has 0 bridgehead atoms. The number of aliphatic hydroxyl groups excluding tert-OH is 3. The minimum Gasteiger partial charge on any atom is -0.488 e. The molecule has 5 N–H and O–H groups in total. The Labute approximate surface area is 346 Å². The summed E-state index contributed by atoms with van der Waals surface area (Å²) in [6, 6.07) is 15.5. The van der Waals surface area contributed by atoms with Gasteiger partial charge in [-0.3, -0.25) is 9.59 Å². The van der Waals surface area contributed by atoms with Crippen LogP contribution in [0.15, 0.2) is 84.7 Å². The predicted octanol–water partition coefficient (Wildman–Crippen LogP) is 5.48. The van der Waals surface area contributed by atoms with Crippen molar-refractivity contribution in [2.24, 2.45) is 16.7 Å². The van der Waals surface area contributed by atoms with Crippen LogP contribution in [-0.2, 0) is 33.3 Å². The first kappa shape index (κ1) is 47.1. The summed E-state index contributed by atoms with van der Waals surface area (Å²) in [4.78, 5) is 54.2. The second-order valence-corrected chi connectivity index (χ2v) is 17.4. The Morgan fingerprint density at radius 1 is 0.983 bits per heavy atom. The molecular formula is C45H61NO13.